The monoisotopic (exact) mass is 255 g/mol. The van der Waals surface area contributed by atoms with E-state index in [1.54, 1.807) is 0 Å². The molecule has 1 aromatic carbocycles. The lowest BCUT2D eigenvalue weighted by Crippen LogP contribution is -2.11. The highest BCUT2D eigenvalue weighted by Crippen LogP contribution is 2.21. The molecule has 0 radical (unpaired) electrons. The molecule has 0 heterocycles. The molecule has 0 spiro atoms. The van der Waals surface area contributed by atoms with E-state index >= 15 is 0 Å². The van der Waals surface area contributed by atoms with Gasteiger partial charge in [-0.1, -0.05) is 41.9 Å². The first-order chi connectivity index (χ1) is 6.59. The van der Waals surface area contributed by atoms with Gasteiger partial charge in [0, 0.05) is 10.5 Å². The Kier molecular flexibility index (Phi) is 4.63. The molecule has 1 atom stereocenters. The van der Waals surface area contributed by atoms with E-state index in [0.29, 0.717) is 0 Å². The van der Waals surface area contributed by atoms with E-state index in [1.165, 1.54) is 12.0 Å². The van der Waals surface area contributed by atoms with E-state index in [2.05, 4.69) is 41.9 Å². The van der Waals surface area contributed by atoms with Gasteiger partial charge in [0.15, 0.2) is 0 Å². The van der Waals surface area contributed by atoms with Crippen LogP contribution < -0.4 is 5.73 Å². The van der Waals surface area contributed by atoms with Crippen LogP contribution in [0.2, 0.25) is 0 Å². The number of nitrogens with two attached hydrogens (primary N) is 1. The average molecular weight is 256 g/mol. The average Bonchev–Trinajstić information content (AvgIpc) is 2.14. The molecule has 0 amide bonds. The van der Waals surface area contributed by atoms with Crippen LogP contribution in [0.25, 0.3) is 0 Å². The van der Waals surface area contributed by atoms with Crippen LogP contribution in [0.3, 0.4) is 0 Å². The second kappa shape index (κ2) is 5.52. The molecule has 14 heavy (non-hydrogen) atoms. The first-order valence-electron chi connectivity index (χ1n) is 5.10. The van der Waals surface area contributed by atoms with Crippen LogP contribution in [0.15, 0.2) is 28.7 Å². The maximum absolute atomic E-state index is 6.09. The van der Waals surface area contributed by atoms with Crippen LogP contribution in [0.5, 0.6) is 0 Å². The fourth-order valence-corrected chi connectivity index (χ4v) is 1.83. The Labute approximate surface area is 94.8 Å². The molecule has 0 aliphatic carbocycles. The minimum atomic E-state index is 0.176. The molecule has 0 saturated carbocycles. The smallest absolute Gasteiger partial charge is 0.0295 e. The number of hydrogen-bond acceptors (Lipinski definition) is 1. The van der Waals surface area contributed by atoms with E-state index in [4.69, 9.17) is 5.73 Å². The molecule has 0 fully saturated rings. The summed E-state index contributed by atoms with van der Waals surface area (Å²) < 4.78 is 1.11. The van der Waals surface area contributed by atoms with Crippen LogP contribution >= 0.6 is 15.9 Å². The summed E-state index contributed by atoms with van der Waals surface area (Å²) in [6.45, 7) is 4.46. The third kappa shape index (κ3) is 3.81. The third-order valence-electron chi connectivity index (χ3n) is 2.33. The van der Waals surface area contributed by atoms with Crippen molar-refractivity contribution in [1.29, 1.82) is 0 Å². The largest absolute Gasteiger partial charge is 0.324 e. The SMILES string of the molecule is CC(C)CC[C@H](N)c1cccc(Br)c1. The molecule has 0 unspecified atom stereocenters. The Morgan fingerprint density at radius 1 is 1.29 bits per heavy atom. The van der Waals surface area contributed by atoms with Gasteiger partial charge >= 0.3 is 0 Å². The Hall–Kier alpha value is -0.340. The van der Waals surface area contributed by atoms with Crippen molar-refractivity contribution in [3.05, 3.63) is 34.3 Å². The van der Waals surface area contributed by atoms with Crippen LogP contribution in [-0.2, 0) is 0 Å². The number of rotatable bonds is 4. The summed E-state index contributed by atoms with van der Waals surface area (Å²) in [4.78, 5) is 0. The van der Waals surface area contributed by atoms with Gasteiger partial charge in [-0.15, -0.1) is 0 Å². The van der Waals surface area contributed by atoms with E-state index in [0.717, 1.165) is 16.8 Å². The fraction of sp³-hybridized carbons (Fsp3) is 0.500. The van der Waals surface area contributed by atoms with Gasteiger partial charge in [-0.3, -0.25) is 0 Å². The summed E-state index contributed by atoms with van der Waals surface area (Å²) in [6.07, 6.45) is 2.25. The van der Waals surface area contributed by atoms with Gasteiger partial charge in [-0.05, 0) is 36.5 Å². The molecule has 0 aliphatic heterocycles. The molecule has 1 aromatic rings. The maximum Gasteiger partial charge on any atom is 0.0295 e. The lowest BCUT2D eigenvalue weighted by molar-refractivity contribution is 0.507. The van der Waals surface area contributed by atoms with Gasteiger partial charge in [-0.2, -0.15) is 0 Å². The molecule has 2 N–H and O–H groups in total. The highest BCUT2D eigenvalue weighted by molar-refractivity contribution is 9.10. The van der Waals surface area contributed by atoms with E-state index in [9.17, 15) is 0 Å². The van der Waals surface area contributed by atoms with Crippen LogP contribution in [0.1, 0.15) is 38.3 Å². The zero-order valence-electron chi connectivity index (χ0n) is 8.83. The number of halogens is 1. The molecular formula is C12H18BrN. The molecule has 1 nitrogen and oxygen atoms in total. The van der Waals surface area contributed by atoms with Gasteiger partial charge in [0.25, 0.3) is 0 Å². The fourth-order valence-electron chi connectivity index (χ4n) is 1.42. The van der Waals surface area contributed by atoms with Crippen LogP contribution in [0.4, 0.5) is 0 Å². The van der Waals surface area contributed by atoms with Crippen molar-refractivity contribution in [1.82, 2.24) is 0 Å². The Bertz CT molecular complexity index is 283. The highest BCUT2D eigenvalue weighted by Gasteiger charge is 2.06. The summed E-state index contributed by atoms with van der Waals surface area (Å²) in [7, 11) is 0. The first kappa shape index (κ1) is 11.7. The van der Waals surface area contributed by atoms with Crippen molar-refractivity contribution in [3.63, 3.8) is 0 Å². The molecular weight excluding hydrogens is 238 g/mol. The van der Waals surface area contributed by atoms with Gasteiger partial charge < -0.3 is 5.73 Å². The van der Waals surface area contributed by atoms with E-state index in [1.807, 2.05) is 12.1 Å². The van der Waals surface area contributed by atoms with Gasteiger partial charge in [-0.25, -0.2) is 0 Å². The van der Waals surface area contributed by atoms with Crippen LogP contribution in [-0.4, -0.2) is 0 Å². The predicted molar refractivity (Wildman–Crippen MR) is 65.1 cm³/mol. The minimum absolute atomic E-state index is 0.176. The van der Waals surface area contributed by atoms with E-state index < -0.39 is 0 Å². The second-order valence-electron chi connectivity index (χ2n) is 4.13. The number of benzene rings is 1. The van der Waals surface area contributed by atoms with Crippen molar-refractivity contribution < 1.29 is 0 Å². The van der Waals surface area contributed by atoms with Crippen molar-refractivity contribution in [2.45, 2.75) is 32.7 Å². The summed E-state index contributed by atoms with van der Waals surface area (Å²) in [5, 5.41) is 0. The quantitative estimate of drug-likeness (QED) is 0.869. The summed E-state index contributed by atoms with van der Waals surface area (Å²) in [5.41, 5.74) is 7.31. The lowest BCUT2D eigenvalue weighted by Gasteiger charge is -2.13. The molecule has 1 rings (SSSR count). The standard InChI is InChI=1S/C12H18BrN/c1-9(2)6-7-12(14)10-4-3-5-11(13)8-10/h3-5,8-9,12H,6-7,14H2,1-2H3/t12-/m0/s1. The predicted octanol–water partition coefficient (Wildman–Crippen LogP) is 3.89. The van der Waals surface area contributed by atoms with Crippen LogP contribution in [0, 0.1) is 5.92 Å². The maximum atomic E-state index is 6.09. The Morgan fingerprint density at radius 2 is 2.00 bits per heavy atom. The van der Waals surface area contributed by atoms with Crippen molar-refractivity contribution in [2.75, 3.05) is 0 Å². The zero-order chi connectivity index (χ0) is 10.6. The first-order valence-corrected chi connectivity index (χ1v) is 5.90. The topological polar surface area (TPSA) is 26.0 Å². The Morgan fingerprint density at radius 3 is 2.57 bits per heavy atom. The van der Waals surface area contributed by atoms with Gasteiger partial charge in [0.2, 0.25) is 0 Å². The lowest BCUT2D eigenvalue weighted by atomic mass is 9.98. The molecule has 0 aliphatic rings. The van der Waals surface area contributed by atoms with Gasteiger partial charge in [0.1, 0.15) is 0 Å². The summed E-state index contributed by atoms with van der Waals surface area (Å²) in [5.74, 6) is 0.730. The highest BCUT2D eigenvalue weighted by atomic mass is 79.9. The zero-order valence-corrected chi connectivity index (χ0v) is 10.4. The number of hydrogen-bond donors (Lipinski definition) is 1. The second-order valence-corrected chi connectivity index (χ2v) is 5.05. The summed E-state index contributed by atoms with van der Waals surface area (Å²) >= 11 is 3.45. The minimum Gasteiger partial charge on any atom is -0.324 e. The summed E-state index contributed by atoms with van der Waals surface area (Å²) in [6, 6.07) is 8.43. The molecule has 0 saturated heterocycles. The van der Waals surface area contributed by atoms with Gasteiger partial charge in [0.05, 0.1) is 0 Å². The molecule has 78 valence electrons. The third-order valence-corrected chi connectivity index (χ3v) is 2.83. The molecule has 0 bridgehead atoms. The Balaban J connectivity index is 2.56. The normalized spacial score (nSPS) is 13.2. The van der Waals surface area contributed by atoms with E-state index in [-0.39, 0.29) is 6.04 Å². The van der Waals surface area contributed by atoms with Crippen molar-refractivity contribution >= 4 is 15.9 Å². The van der Waals surface area contributed by atoms with Crippen molar-refractivity contribution in [2.24, 2.45) is 11.7 Å². The molecule has 2 heteroatoms. The molecule has 0 aromatic heterocycles. The van der Waals surface area contributed by atoms with Crippen molar-refractivity contribution in [3.8, 4) is 0 Å².